The SMILES string of the molecule is C#C[C@@H](O)c1cccc2ccccc12. The molecule has 0 bridgehead atoms. The van der Waals surface area contributed by atoms with Gasteiger partial charge in [0.1, 0.15) is 6.10 Å². The highest BCUT2D eigenvalue weighted by atomic mass is 16.3. The zero-order valence-corrected chi connectivity index (χ0v) is 7.64. The fraction of sp³-hybridized carbons (Fsp3) is 0.0769. The Morgan fingerprint density at radius 1 is 1.07 bits per heavy atom. The fourth-order valence-electron chi connectivity index (χ4n) is 1.58. The molecule has 0 aliphatic rings. The highest BCUT2D eigenvalue weighted by Gasteiger charge is 2.06. The molecule has 0 unspecified atom stereocenters. The van der Waals surface area contributed by atoms with Crippen molar-refractivity contribution in [3.8, 4) is 12.3 Å². The molecule has 0 heterocycles. The molecule has 1 atom stereocenters. The predicted octanol–water partition coefficient (Wildman–Crippen LogP) is 2.51. The van der Waals surface area contributed by atoms with Crippen molar-refractivity contribution in [2.75, 3.05) is 0 Å². The van der Waals surface area contributed by atoms with Gasteiger partial charge in [-0.05, 0) is 10.8 Å². The predicted molar refractivity (Wildman–Crippen MR) is 57.7 cm³/mol. The summed E-state index contributed by atoms with van der Waals surface area (Å²) >= 11 is 0. The summed E-state index contributed by atoms with van der Waals surface area (Å²) in [5, 5.41) is 11.7. The first-order chi connectivity index (χ1) is 6.83. The number of benzene rings is 2. The zero-order valence-electron chi connectivity index (χ0n) is 7.64. The average Bonchev–Trinajstić information content (AvgIpc) is 2.27. The molecule has 2 aromatic carbocycles. The molecule has 1 nitrogen and oxygen atoms in total. The summed E-state index contributed by atoms with van der Waals surface area (Å²) in [7, 11) is 0. The lowest BCUT2D eigenvalue weighted by molar-refractivity contribution is 0.240. The lowest BCUT2D eigenvalue weighted by atomic mass is 10.0. The summed E-state index contributed by atoms with van der Waals surface area (Å²) in [5.41, 5.74) is 0.797. The molecule has 1 N–H and O–H groups in total. The summed E-state index contributed by atoms with van der Waals surface area (Å²) in [6.07, 6.45) is 4.38. The maximum absolute atomic E-state index is 9.59. The molecule has 0 saturated heterocycles. The van der Waals surface area contributed by atoms with Crippen molar-refractivity contribution in [1.82, 2.24) is 0 Å². The molecular weight excluding hydrogens is 172 g/mol. The van der Waals surface area contributed by atoms with E-state index in [-0.39, 0.29) is 0 Å². The van der Waals surface area contributed by atoms with E-state index in [1.54, 1.807) is 0 Å². The Kier molecular flexibility index (Phi) is 2.22. The number of fused-ring (bicyclic) bond motifs is 1. The number of hydrogen-bond donors (Lipinski definition) is 1. The number of hydrogen-bond acceptors (Lipinski definition) is 1. The van der Waals surface area contributed by atoms with Crippen molar-refractivity contribution >= 4 is 10.8 Å². The molecule has 2 rings (SSSR count). The Labute approximate surface area is 83.0 Å². The summed E-state index contributed by atoms with van der Waals surface area (Å²) in [6.45, 7) is 0. The van der Waals surface area contributed by atoms with Crippen LogP contribution in [0.25, 0.3) is 10.8 Å². The van der Waals surface area contributed by atoms with Gasteiger partial charge in [0.25, 0.3) is 0 Å². The first kappa shape index (κ1) is 8.80. The second-order valence-electron chi connectivity index (χ2n) is 3.14. The largest absolute Gasteiger partial charge is 0.376 e. The summed E-state index contributed by atoms with van der Waals surface area (Å²) in [5.74, 6) is 2.33. The fourth-order valence-corrected chi connectivity index (χ4v) is 1.58. The van der Waals surface area contributed by atoms with Crippen LogP contribution in [-0.2, 0) is 0 Å². The van der Waals surface area contributed by atoms with Crippen LogP contribution in [0.15, 0.2) is 42.5 Å². The maximum atomic E-state index is 9.59. The molecule has 0 fully saturated rings. The summed E-state index contributed by atoms with van der Waals surface area (Å²) in [4.78, 5) is 0. The van der Waals surface area contributed by atoms with E-state index in [9.17, 15) is 5.11 Å². The Hall–Kier alpha value is -1.78. The molecule has 0 aliphatic carbocycles. The van der Waals surface area contributed by atoms with Gasteiger partial charge in [-0.3, -0.25) is 0 Å². The van der Waals surface area contributed by atoms with Gasteiger partial charge in [0, 0.05) is 5.56 Å². The lowest BCUT2D eigenvalue weighted by Gasteiger charge is -2.07. The Morgan fingerprint density at radius 3 is 2.57 bits per heavy atom. The highest BCUT2D eigenvalue weighted by molar-refractivity contribution is 5.86. The van der Waals surface area contributed by atoms with Gasteiger partial charge in [-0.1, -0.05) is 48.4 Å². The standard InChI is InChI=1S/C13H10O/c1-2-13(14)12-9-5-7-10-6-3-4-8-11(10)12/h1,3-9,13-14H/t13-/m1/s1. The van der Waals surface area contributed by atoms with Crippen LogP contribution >= 0.6 is 0 Å². The van der Waals surface area contributed by atoms with Gasteiger partial charge in [-0.25, -0.2) is 0 Å². The lowest BCUT2D eigenvalue weighted by Crippen LogP contribution is -1.93. The Morgan fingerprint density at radius 2 is 1.79 bits per heavy atom. The number of aliphatic hydroxyl groups excluding tert-OH is 1. The quantitative estimate of drug-likeness (QED) is 0.672. The zero-order chi connectivity index (χ0) is 9.97. The van der Waals surface area contributed by atoms with Gasteiger partial charge < -0.3 is 5.11 Å². The van der Waals surface area contributed by atoms with Crippen LogP contribution in [-0.4, -0.2) is 5.11 Å². The van der Waals surface area contributed by atoms with Crippen LogP contribution in [0.4, 0.5) is 0 Å². The van der Waals surface area contributed by atoms with Crippen molar-refractivity contribution < 1.29 is 5.11 Å². The smallest absolute Gasteiger partial charge is 0.140 e. The summed E-state index contributed by atoms with van der Waals surface area (Å²) in [6, 6.07) is 13.6. The van der Waals surface area contributed by atoms with Gasteiger partial charge in [0.2, 0.25) is 0 Å². The van der Waals surface area contributed by atoms with Gasteiger partial charge in [0.05, 0.1) is 0 Å². The highest BCUT2D eigenvalue weighted by Crippen LogP contribution is 2.23. The number of aliphatic hydroxyl groups is 1. The number of rotatable bonds is 1. The van der Waals surface area contributed by atoms with Crippen LogP contribution in [0.5, 0.6) is 0 Å². The molecule has 0 aliphatic heterocycles. The van der Waals surface area contributed by atoms with E-state index in [2.05, 4.69) is 5.92 Å². The van der Waals surface area contributed by atoms with E-state index in [0.29, 0.717) is 0 Å². The third-order valence-electron chi connectivity index (χ3n) is 2.28. The Balaban J connectivity index is 2.72. The van der Waals surface area contributed by atoms with E-state index in [4.69, 9.17) is 6.42 Å². The molecule has 0 spiro atoms. The molecular formula is C13H10O. The molecule has 0 amide bonds. The van der Waals surface area contributed by atoms with Crippen molar-refractivity contribution in [2.45, 2.75) is 6.10 Å². The second-order valence-corrected chi connectivity index (χ2v) is 3.14. The van der Waals surface area contributed by atoms with E-state index in [1.807, 2.05) is 42.5 Å². The van der Waals surface area contributed by atoms with E-state index in [1.165, 1.54) is 0 Å². The third-order valence-corrected chi connectivity index (χ3v) is 2.28. The van der Waals surface area contributed by atoms with Crippen molar-refractivity contribution in [1.29, 1.82) is 0 Å². The third kappa shape index (κ3) is 1.37. The topological polar surface area (TPSA) is 20.2 Å². The van der Waals surface area contributed by atoms with Crippen LogP contribution in [0.1, 0.15) is 11.7 Å². The Bertz CT molecular complexity index is 489. The monoisotopic (exact) mass is 182 g/mol. The van der Waals surface area contributed by atoms with Crippen molar-refractivity contribution in [2.24, 2.45) is 0 Å². The van der Waals surface area contributed by atoms with Crippen LogP contribution in [0, 0.1) is 12.3 Å². The van der Waals surface area contributed by atoms with Gasteiger partial charge in [-0.15, -0.1) is 6.42 Å². The van der Waals surface area contributed by atoms with E-state index < -0.39 is 6.10 Å². The van der Waals surface area contributed by atoms with Crippen molar-refractivity contribution in [3.05, 3.63) is 48.0 Å². The van der Waals surface area contributed by atoms with Crippen molar-refractivity contribution in [3.63, 3.8) is 0 Å². The molecule has 68 valence electrons. The second kappa shape index (κ2) is 3.53. The maximum Gasteiger partial charge on any atom is 0.140 e. The van der Waals surface area contributed by atoms with Crippen LogP contribution in [0.3, 0.4) is 0 Å². The van der Waals surface area contributed by atoms with Gasteiger partial charge in [-0.2, -0.15) is 0 Å². The van der Waals surface area contributed by atoms with Gasteiger partial charge >= 0.3 is 0 Å². The minimum atomic E-state index is -0.818. The molecule has 0 aromatic heterocycles. The molecule has 1 heteroatoms. The van der Waals surface area contributed by atoms with E-state index in [0.717, 1.165) is 16.3 Å². The molecule has 0 saturated carbocycles. The molecule has 2 aromatic rings. The van der Waals surface area contributed by atoms with E-state index >= 15 is 0 Å². The first-order valence-electron chi connectivity index (χ1n) is 4.45. The molecule has 14 heavy (non-hydrogen) atoms. The van der Waals surface area contributed by atoms with Crippen LogP contribution in [0.2, 0.25) is 0 Å². The molecule has 0 radical (unpaired) electrons. The van der Waals surface area contributed by atoms with Crippen LogP contribution < -0.4 is 0 Å². The normalized spacial score (nSPS) is 12.3. The average molecular weight is 182 g/mol. The van der Waals surface area contributed by atoms with Gasteiger partial charge in [0.15, 0.2) is 0 Å². The summed E-state index contributed by atoms with van der Waals surface area (Å²) < 4.78 is 0. The first-order valence-corrected chi connectivity index (χ1v) is 4.45. The minimum absolute atomic E-state index is 0.797. The number of terminal acetylenes is 1. The minimum Gasteiger partial charge on any atom is -0.376 e.